The molecule has 0 radical (unpaired) electrons. The predicted molar refractivity (Wildman–Crippen MR) is 73.0 cm³/mol. The summed E-state index contributed by atoms with van der Waals surface area (Å²) in [4.78, 5) is 12.5. The Kier molecular flexibility index (Phi) is 4.50. The Labute approximate surface area is 113 Å². The Morgan fingerprint density at radius 3 is 2.68 bits per heavy atom. The summed E-state index contributed by atoms with van der Waals surface area (Å²) in [5.74, 6) is 0.543. The van der Waals surface area contributed by atoms with Crippen LogP contribution >= 0.6 is 0 Å². The van der Waals surface area contributed by atoms with Gasteiger partial charge in [0.05, 0.1) is 11.5 Å². The van der Waals surface area contributed by atoms with E-state index >= 15 is 0 Å². The molecule has 1 saturated heterocycles. The Bertz CT molecular complexity index is 433. The van der Waals surface area contributed by atoms with E-state index in [9.17, 15) is 15.2 Å². The summed E-state index contributed by atoms with van der Waals surface area (Å²) >= 11 is 0. The van der Waals surface area contributed by atoms with Gasteiger partial charge in [0, 0.05) is 24.7 Å². The van der Waals surface area contributed by atoms with Crippen molar-refractivity contribution in [3.05, 3.63) is 39.9 Å². The van der Waals surface area contributed by atoms with Crippen LogP contribution in [0.1, 0.15) is 18.9 Å². The van der Waals surface area contributed by atoms with Gasteiger partial charge >= 0.3 is 0 Å². The predicted octanol–water partition coefficient (Wildman–Crippen LogP) is 1.84. The number of nitro groups is 1. The van der Waals surface area contributed by atoms with Crippen molar-refractivity contribution in [2.24, 2.45) is 5.92 Å². The van der Waals surface area contributed by atoms with Gasteiger partial charge in [-0.3, -0.25) is 15.0 Å². The van der Waals surface area contributed by atoms with E-state index in [-0.39, 0.29) is 23.3 Å². The molecule has 0 amide bonds. The molecule has 104 valence electrons. The lowest BCUT2D eigenvalue weighted by Gasteiger charge is -2.24. The topological polar surface area (TPSA) is 66.6 Å². The largest absolute Gasteiger partial charge is 0.395 e. The molecule has 0 spiro atoms. The zero-order chi connectivity index (χ0) is 13.8. The van der Waals surface area contributed by atoms with E-state index in [0.717, 1.165) is 31.5 Å². The molecule has 1 aromatic carbocycles. The maximum Gasteiger partial charge on any atom is 0.269 e. The third-order valence-corrected chi connectivity index (χ3v) is 4.02. The highest BCUT2D eigenvalue weighted by Gasteiger charge is 2.29. The first-order chi connectivity index (χ1) is 9.11. The average Bonchev–Trinajstić information content (AvgIpc) is 2.77. The van der Waals surface area contributed by atoms with Gasteiger partial charge in [-0.15, -0.1) is 0 Å². The molecule has 0 saturated carbocycles. The molecular formula is C14H20N2O3. The summed E-state index contributed by atoms with van der Waals surface area (Å²) in [6.07, 6.45) is 1.99. The lowest BCUT2D eigenvalue weighted by molar-refractivity contribution is -0.384. The Balaban J connectivity index is 1.90. The normalized spacial score (nSPS) is 23.7. The molecule has 1 fully saturated rings. The summed E-state index contributed by atoms with van der Waals surface area (Å²) < 4.78 is 0. The first kappa shape index (κ1) is 14.0. The van der Waals surface area contributed by atoms with Crippen molar-refractivity contribution < 1.29 is 10.0 Å². The van der Waals surface area contributed by atoms with Gasteiger partial charge in [0.15, 0.2) is 0 Å². The van der Waals surface area contributed by atoms with E-state index in [1.807, 2.05) is 12.1 Å². The van der Waals surface area contributed by atoms with Gasteiger partial charge in [0.2, 0.25) is 0 Å². The number of hydrogen-bond donors (Lipinski definition) is 1. The summed E-state index contributed by atoms with van der Waals surface area (Å²) in [6.45, 7) is 4.31. The molecule has 0 aliphatic carbocycles. The van der Waals surface area contributed by atoms with Gasteiger partial charge in [-0.25, -0.2) is 0 Å². The van der Waals surface area contributed by atoms with Crippen LogP contribution in [0.4, 0.5) is 5.69 Å². The second-order valence-corrected chi connectivity index (χ2v) is 5.23. The number of rotatable bonds is 5. The molecule has 2 atom stereocenters. The fourth-order valence-electron chi connectivity index (χ4n) is 2.72. The minimum Gasteiger partial charge on any atom is -0.395 e. The minimum atomic E-state index is -0.381. The van der Waals surface area contributed by atoms with Crippen LogP contribution in [0.25, 0.3) is 0 Å². The molecule has 5 heteroatoms. The molecule has 2 rings (SSSR count). The Morgan fingerprint density at radius 1 is 1.42 bits per heavy atom. The Hall–Kier alpha value is -1.46. The third kappa shape index (κ3) is 3.30. The summed E-state index contributed by atoms with van der Waals surface area (Å²) in [6, 6.07) is 6.98. The van der Waals surface area contributed by atoms with E-state index in [4.69, 9.17) is 0 Å². The second kappa shape index (κ2) is 6.12. The molecule has 1 heterocycles. The average molecular weight is 264 g/mol. The van der Waals surface area contributed by atoms with Crippen molar-refractivity contribution in [3.8, 4) is 0 Å². The van der Waals surface area contributed by atoms with Crippen molar-refractivity contribution in [1.82, 2.24) is 4.90 Å². The number of nitro benzene ring substituents is 1. The smallest absolute Gasteiger partial charge is 0.269 e. The first-order valence-corrected chi connectivity index (χ1v) is 6.70. The van der Waals surface area contributed by atoms with E-state index in [1.54, 1.807) is 12.1 Å². The standard InChI is InChI=1S/C14H20N2O3/c1-11-6-8-15(14(11)10-17)9-7-12-2-4-13(5-3-12)16(18)19/h2-5,11,14,17H,6-10H2,1H3. The fraction of sp³-hybridized carbons (Fsp3) is 0.571. The number of aliphatic hydroxyl groups excluding tert-OH is 1. The van der Waals surface area contributed by atoms with Crippen LogP contribution in [0.3, 0.4) is 0 Å². The van der Waals surface area contributed by atoms with Crippen molar-refractivity contribution in [1.29, 1.82) is 0 Å². The van der Waals surface area contributed by atoms with E-state index < -0.39 is 0 Å². The maximum atomic E-state index is 10.6. The quantitative estimate of drug-likeness (QED) is 0.651. The van der Waals surface area contributed by atoms with E-state index in [0.29, 0.717) is 5.92 Å². The molecule has 1 aliphatic heterocycles. The van der Waals surface area contributed by atoms with Gasteiger partial charge in [-0.05, 0) is 30.9 Å². The van der Waals surface area contributed by atoms with Gasteiger partial charge in [-0.2, -0.15) is 0 Å². The first-order valence-electron chi connectivity index (χ1n) is 6.70. The van der Waals surface area contributed by atoms with Gasteiger partial charge in [0.25, 0.3) is 5.69 Å². The molecule has 5 nitrogen and oxygen atoms in total. The number of likely N-dealkylation sites (tertiary alicyclic amines) is 1. The van der Waals surface area contributed by atoms with Crippen molar-refractivity contribution in [2.75, 3.05) is 19.7 Å². The summed E-state index contributed by atoms with van der Waals surface area (Å²) in [7, 11) is 0. The highest BCUT2D eigenvalue weighted by molar-refractivity contribution is 5.32. The molecular weight excluding hydrogens is 244 g/mol. The molecule has 0 aromatic heterocycles. The van der Waals surface area contributed by atoms with Crippen LogP contribution < -0.4 is 0 Å². The number of benzene rings is 1. The van der Waals surface area contributed by atoms with E-state index in [1.165, 1.54) is 0 Å². The highest BCUT2D eigenvalue weighted by atomic mass is 16.6. The van der Waals surface area contributed by atoms with Crippen LogP contribution in [0.5, 0.6) is 0 Å². The number of hydrogen-bond acceptors (Lipinski definition) is 4. The summed E-state index contributed by atoms with van der Waals surface area (Å²) in [5.41, 5.74) is 1.23. The molecule has 19 heavy (non-hydrogen) atoms. The number of aliphatic hydroxyl groups is 1. The van der Waals surface area contributed by atoms with Crippen LogP contribution in [-0.2, 0) is 6.42 Å². The van der Waals surface area contributed by atoms with Crippen molar-refractivity contribution in [2.45, 2.75) is 25.8 Å². The van der Waals surface area contributed by atoms with Gasteiger partial charge < -0.3 is 5.11 Å². The van der Waals surface area contributed by atoms with E-state index in [2.05, 4.69) is 11.8 Å². The second-order valence-electron chi connectivity index (χ2n) is 5.23. The molecule has 2 unspecified atom stereocenters. The number of nitrogens with zero attached hydrogens (tertiary/aromatic N) is 2. The maximum absolute atomic E-state index is 10.6. The highest BCUT2D eigenvalue weighted by Crippen LogP contribution is 2.23. The lowest BCUT2D eigenvalue weighted by Crippen LogP contribution is -2.36. The SMILES string of the molecule is CC1CCN(CCc2ccc([N+](=O)[O-])cc2)C1CO. The lowest BCUT2D eigenvalue weighted by atomic mass is 10.0. The van der Waals surface area contributed by atoms with Crippen LogP contribution in [0, 0.1) is 16.0 Å². The van der Waals surface area contributed by atoms with Crippen LogP contribution in [0.15, 0.2) is 24.3 Å². The summed E-state index contributed by atoms with van der Waals surface area (Å²) in [5, 5.41) is 20.0. The fourth-order valence-corrected chi connectivity index (χ4v) is 2.72. The van der Waals surface area contributed by atoms with Crippen molar-refractivity contribution in [3.63, 3.8) is 0 Å². The zero-order valence-corrected chi connectivity index (χ0v) is 11.2. The molecule has 1 N–H and O–H groups in total. The van der Waals surface area contributed by atoms with Gasteiger partial charge in [-0.1, -0.05) is 19.1 Å². The van der Waals surface area contributed by atoms with Gasteiger partial charge in [0.1, 0.15) is 0 Å². The molecule has 0 bridgehead atoms. The number of non-ortho nitro benzene ring substituents is 1. The van der Waals surface area contributed by atoms with Crippen LogP contribution in [-0.4, -0.2) is 40.7 Å². The minimum absolute atomic E-state index is 0.131. The monoisotopic (exact) mass is 264 g/mol. The Morgan fingerprint density at radius 2 is 2.11 bits per heavy atom. The van der Waals surface area contributed by atoms with Crippen molar-refractivity contribution >= 4 is 5.69 Å². The van der Waals surface area contributed by atoms with Crippen LogP contribution in [0.2, 0.25) is 0 Å². The molecule has 1 aromatic rings. The molecule has 1 aliphatic rings. The third-order valence-electron chi connectivity index (χ3n) is 4.02. The zero-order valence-electron chi connectivity index (χ0n) is 11.2.